The van der Waals surface area contributed by atoms with Crippen LogP contribution >= 0.6 is 11.6 Å². The number of nitrogens with zero attached hydrogens (tertiary/aromatic N) is 2. The molecule has 1 saturated heterocycles. The summed E-state index contributed by atoms with van der Waals surface area (Å²) in [6.45, 7) is 6.91. The van der Waals surface area contributed by atoms with E-state index in [-0.39, 0.29) is 11.8 Å². The summed E-state index contributed by atoms with van der Waals surface area (Å²) >= 11 is 5.88. The first-order valence-electron chi connectivity index (χ1n) is 8.75. The van der Waals surface area contributed by atoms with Crippen molar-refractivity contribution in [1.29, 1.82) is 0 Å². The molecular weight excluding hydrogens is 324 g/mol. The van der Waals surface area contributed by atoms with E-state index in [0.717, 1.165) is 31.5 Å². The molecule has 2 amide bonds. The van der Waals surface area contributed by atoms with Gasteiger partial charge in [0, 0.05) is 44.0 Å². The number of carbonyl (C=O) groups excluding carboxylic acids is 2. The zero-order valence-corrected chi connectivity index (χ0v) is 15.4. The van der Waals surface area contributed by atoms with Crippen molar-refractivity contribution in [3.8, 4) is 0 Å². The van der Waals surface area contributed by atoms with Crippen LogP contribution in [0.4, 0.5) is 0 Å². The summed E-state index contributed by atoms with van der Waals surface area (Å²) in [5.41, 5.74) is 1.12. The van der Waals surface area contributed by atoms with Crippen LogP contribution in [0.25, 0.3) is 0 Å². The van der Waals surface area contributed by atoms with Gasteiger partial charge in [-0.3, -0.25) is 9.59 Å². The first-order valence-corrected chi connectivity index (χ1v) is 9.13. The van der Waals surface area contributed by atoms with E-state index in [1.807, 2.05) is 34.1 Å². The van der Waals surface area contributed by atoms with E-state index in [2.05, 4.69) is 13.8 Å². The summed E-state index contributed by atoms with van der Waals surface area (Å²) in [6, 6.07) is 7.63. The van der Waals surface area contributed by atoms with Crippen molar-refractivity contribution in [2.45, 2.75) is 39.5 Å². The van der Waals surface area contributed by atoms with E-state index in [1.54, 1.807) is 0 Å². The summed E-state index contributed by atoms with van der Waals surface area (Å²) in [4.78, 5) is 28.4. The Kier molecular flexibility index (Phi) is 7.10. The van der Waals surface area contributed by atoms with E-state index in [0.29, 0.717) is 36.9 Å². The molecule has 1 aromatic carbocycles. The number of amides is 2. The van der Waals surface area contributed by atoms with Gasteiger partial charge in [-0.15, -0.1) is 0 Å². The molecule has 0 spiro atoms. The van der Waals surface area contributed by atoms with Crippen molar-refractivity contribution in [3.05, 3.63) is 34.9 Å². The smallest absolute Gasteiger partial charge is 0.222 e. The predicted octanol–water partition coefficient (Wildman–Crippen LogP) is 3.38. The molecule has 0 saturated carbocycles. The minimum atomic E-state index is 0.170. The average Bonchev–Trinajstić information content (AvgIpc) is 2.79. The maximum atomic E-state index is 12.4. The first-order chi connectivity index (χ1) is 11.5. The van der Waals surface area contributed by atoms with Gasteiger partial charge in [0.1, 0.15) is 0 Å². The first kappa shape index (κ1) is 18.8. The third kappa shape index (κ3) is 5.82. The Bertz CT molecular complexity index is 557. The standard InChI is InChI=1S/C19H27ClN2O2/c1-15(2)14-19(24)22-11-3-10-21(12-13-22)18(23)9-6-16-4-7-17(20)8-5-16/h4-5,7-8,15H,3,6,9-14H2,1-2H3. The molecule has 1 fully saturated rings. The van der Waals surface area contributed by atoms with Crippen LogP contribution in [-0.2, 0) is 16.0 Å². The Hall–Kier alpha value is -1.55. The lowest BCUT2D eigenvalue weighted by Gasteiger charge is -2.23. The Labute approximate surface area is 149 Å². The van der Waals surface area contributed by atoms with Crippen molar-refractivity contribution in [3.63, 3.8) is 0 Å². The molecule has 1 aromatic rings. The van der Waals surface area contributed by atoms with Gasteiger partial charge in [-0.2, -0.15) is 0 Å². The lowest BCUT2D eigenvalue weighted by atomic mass is 10.1. The second kappa shape index (κ2) is 9.07. The normalized spacial score (nSPS) is 15.5. The van der Waals surface area contributed by atoms with E-state index in [4.69, 9.17) is 11.6 Å². The molecule has 0 aromatic heterocycles. The van der Waals surface area contributed by atoms with Crippen LogP contribution in [-0.4, -0.2) is 47.8 Å². The Morgan fingerprint density at radius 3 is 2.17 bits per heavy atom. The van der Waals surface area contributed by atoms with Crippen LogP contribution < -0.4 is 0 Å². The molecule has 0 atom stereocenters. The van der Waals surface area contributed by atoms with Gasteiger partial charge < -0.3 is 9.80 Å². The highest BCUT2D eigenvalue weighted by atomic mass is 35.5. The Morgan fingerprint density at radius 1 is 1.00 bits per heavy atom. The van der Waals surface area contributed by atoms with E-state index >= 15 is 0 Å². The third-order valence-electron chi connectivity index (χ3n) is 4.32. The Morgan fingerprint density at radius 2 is 1.58 bits per heavy atom. The summed E-state index contributed by atoms with van der Waals surface area (Å²) in [5, 5.41) is 0.712. The largest absolute Gasteiger partial charge is 0.341 e. The average molecular weight is 351 g/mol. The van der Waals surface area contributed by atoms with Crippen molar-refractivity contribution in [2.75, 3.05) is 26.2 Å². The molecule has 0 N–H and O–H groups in total. The number of hydrogen-bond donors (Lipinski definition) is 0. The molecule has 0 radical (unpaired) electrons. The minimum Gasteiger partial charge on any atom is -0.341 e. The van der Waals surface area contributed by atoms with Crippen molar-refractivity contribution in [1.82, 2.24) is 9.80 Å². The molecule has 132 valence electrons. The van der Waals surface area contributed by atoms with Crippen LogP contribution in [0, 0.1) is 5.92 Å². The SMILES string of the molecule is CC(C)CC(=O)N1CCCN(C(=O)CCc2ccc(Cl)cc2)CC1. The number of halogens is 1. The monoisotopic (exact) mass is 350 g/mol. The van der Waals surface area contributed by atoms with Crippen molar-refractivity contribution in [2.24, 2.45) is 5.92 Å². The number of hydrogen-bond acceptors (Lipinski definition) is 2. The molecule has 1 heterocycles. The second-order valence-electron chi connectivity index (χ2n) is 6.84. The summed E-state index contributed by atoms with van der Waals surface area (Å²) in [6.07, 6.45) is 2.67. The highest BCUT2D eigenvalue weighted by Crippen LogP contribution is 2.13. The van der Waals surface area contributed by atoms with Crippen LogP contribution in [0.3, 0.4) is 0 Å². The zero-order valence-electron chi connectivity index (χ0n) is 14.6. The van der Waals surface area contributed by atoms with Gasteiger partial charge in [0.2, 0.25) is 11.8 Å². The van der Waals surface area contributed by atoms with Gasteiger partial charge in [0.15, 0.2) is 0 Å². The maximum Gasteiger partial charge on any atom is 0.222 e. The van der Waals surface area contributed by atoms with Crippen LogP contribution in [0.1, 0.15) is 38.7 Å². The number of benzene rings is 1. The second-order valence-corrected chi connectivity index (χ2v) is 7.28. The van der Waals surface area contributed by atoms with Gasteiger partial charge in [0.25, 0.3) is 0 Å². The molecule has 0 bridgehead atoms. The van der Waals surface area contributed by atoms with Gasteiger partial charge in [-0.1, -0.05) is 37.6 Å². The van der Waals surface area contributed by atoms with Gasteiger partial charge in [0.05, 0.1) is 0 Å². The lowest BCUT2D eigenvalue weighted by molar-refractivity contribution is -0.134. The molecule has 2 rings (SSSR count). The topological polar surface area (TPSA) is 40.6 Å². The van der Waals surface area contributed by atoms with Gasteiger partial charge >= 0.3 is 0 Å². The maximum absolute atomic E-state index is 12.4. The summed E-state index contributed by atoms with van der Waals surface area (Å²) in [7, 11) is 0. The molecule has 4 nitrogen and oxygen atoms in total. The fourth-order valence-corrected chi connectivity index (χ4v) is 3.08. The van der Waals surface area contributed by atoms with E-state index in [1.165, 1.54) is 0 Å². The van der Waals surface area contributed by atoms with Crippen LogP contribution in [0.5, 0.6) is 0 Å². The highest BCUT2D eigenvalue weighted by molar-refractivity contribution is 6.30. The molecule has 24 heavy (non-hydrogen) atoms. The predicted molar refractivity (Wildman–Crippen MR) is 97.0 cm³/mol. The van der Waals surface area contributed by atoms with Crippen molar-refractivity contribution >= 4 is 23.4 Å². The highest BCUT2D eigenvalue weighted by Gasteiger charge is 2.22. The Balaban J connectivity index is 1.81. The van der Waals surface area contributed by atoms with Gasteiger partial charge in [-0.25, -0.2) is 0 Å². The fourth-order valence-electron chi connectivity index (χ4n) is 2.96. The van der Waals surface area contributed by atoms with Crippen molar-refractivity contribution < 1.29 is 9.59 Å². The molecule has 0 aliphatic carbocycles. The number of carbonyl (C=O) groups is 2. The third-order valence-corrected chi connectivity index (χ3v) is 4.58. The van der Waals surface area contributed by atoms with Crippen LogP contribution in [0.2, 0.25) is 5.02 Å². The number of rotatable bonds is 5. The summed E-state index contributed by atoms with van der Waals surface area (Å²) in [5.74, 6) is 0.751. The summed E-state index contributed by atoms with van der Waals surface area (Å²) < 4.78 is 0. The molecule has 1 aliphatic rings. The minimum absolute atomic E-state index is 0.170. The quantitative estimate of drug-likeness (QED) is 0.816. The molecule has 5 heteroatoms. The van der Waals surface area contributed by atoms with E-state index < -0.39 is 0 Å². The number of aryl methyl sites for hydroxylation is 1. The van der Waals surface area contributed by atoms with Gasteiger partial charge in [-0.05, 0) is 36.5 Å². The fraction of sp³-hybridized carbons (Fsp3) is 0.579. The lowest BCUT2D eigenvalue weighted by Crippen LogP contribution is -2.37. The molecule has 1 aliphatic heterocycles. The van der Waals surface area contributed by atoms with E-state index in [9.17, 15) is 9.59 Å². The van der Waals surface area contributed by atoms with Crippen LogP contribution in [0.15, 0.2) is 24.3 Å². The molecule has 0 unspecified atom stereocenters. The molecular formula is C19H27ClN2O2. The zero-order chi connectivity index (χ0) is 17.5.